The van der Waals surface area contributed by atoms with Crippen LogP contribution in [0.2, 0.25) is 0 Å². The molecule has 0 radical (unpaired) electrons. The highest BCUT2D eigenvalue weighted by Gasteiger charge is 2.25. The predicted molar refractivity (Wildman–Crippen MR) is 107 cm³/mol. The highest BCUT2D eigenvalue weighted by Crippen LogP contribution is 2.19. The summed E-state index contributed by atoms with van der Waals surface area (Å²) < 4.78 is 27.3. The van der Waals surface area contributed by atoms with E-state index < -0.39 is 21.8 Å². The zero-order chi connectivity index (χ0) is 20.0. The molecule has 0 aliphatic carbocycles. The number of carbonyl (C=O) groups excluding carboxylic acids is 2. The number of nitrogens with zero attached hydrogens (tertiary/aromatic N) is 1. The van der Waals surface area contributed by atoms with Gasteiger partial charge in [-0.3, -0.25) is 9.59 Å². The summed E-state index contributed by atoms with van der Waals surface area (Å²) in [5, 5.41) is 2.65. The summed E-state index contributed by atoms with van der Waals surface area (Å²) >= 11 is 3.26. The number of amides is 2. The molecule has 0 spiro atoms. The normalized spacial score (nSPS) is 11.4. The molecule has 0 saturated heterocycles. The number of hydrogen-bond acceptors (Lipinski definition) is 4. The number of carbonyl (C=O) groups is 2. The minimum absolute atomic E-state index is 0.114. The molecule has 0 unspecified atom stereocenters. The Morgan fingerprint density at radius 2 is 1.67 bits per heavy atom. The van der Waals surface area contributed by atoms with Gasteiger partial charge in [0.1, 0.15) is 0 Å². The van der Waals surface area contributed by atoms with Gasteiger partial charge in [0.2, 0.25) is 21.8 Å². The van der Waals surface area contributed by atoms with Crippen molar-refractivity contribution in [1.29, 1.82) is 0 Å². The lowest BCUT2D eigenvalue weighted by Crippen LogP contribution is -2.37. The summed E-state index contributed by atoms with van der Waals surface area (Å²) in [5.41, 5.74) is 6.37. The van der Waals surface area contributed by atoms with Crippen LogP contribution in [-0.2, 0) is 26.0 Å². The van der Waals surface area contributed by atoms with E-state index in [0.29, 0.717) is 5.69 Å². The number of halogens is 1. The number of anilines is 1. The van der Waals surface area contributed by atoms with Crippen molar-refractivity contribution < 1.29 is 18.0 Å². The molecule has 0 saturated carbocycles. The van der Waals surface area contributed by atoms with Gasteiger partial charge in [-0.2, -0.15) is 4.31 Å². The number of rotatable bonds is 8. The first-order chi connectivity index (χ1) is 12.7. The molecule has 2 amide bonds. The molecule has 0 aliphatic heterocycles. The van der Waals surface area contributed by atoms with Crippen LogP contribution in [0.25, 0.3) is 0 Å². The van der Waals surface area contributed by atoms with E-state index >= 15 is 0 Å². The molecule has 7 nitrogen and oxygen atoms in total. The number of primary amides is 1. The lowest BCUT2D eigenvalue weighted by Gasteiger charge is -2.20. The number of likely N-dealkylation sites (N-methyl/N-ethyl adjacent to an activating group) is 1. The molecule has 0 heterocycles. The van der Waals surface area contributed by atoms with Gasteiger partial charge < -0.3 is 11.1 Å². The Labute approximate surface area is 166 Å². The first-order valence-electron chi connectivity index (χ1n) is 8.15. The summed E-state index contributed by atoms with van der Waals surface area (Å²) in [6.45, 7) is 1.52. The van der Waals surface area contributed by atoms with Crippen molar-refractivity contribution in [1.82, 2.24) is 4.31 Å². The highest BCUT2D eigenvalue weighted by atomic mass is 79.9. The zero-order valence-corrected chi connectivity index (χ0v) is 17.1. The first-order valence-corrected chi connectivity index (χ1v) is 10.4. The summed E-state index contributed by atoms with van der Waals surface area (Å²) in [6, 6.07) is 12.9. The van der Waals surface area contributed by atoms with E-state index in [-0.39, 0.29) is 24.4 Å². The van der Waals surface area contributed by atoms with Gasteiger partial charge in [0.05, 0.1) is 17.9 Å². The Balaban J connectivity index is 2.06. The maximum atomic E-state index is 12.7. The van der Waals surface area contributed by atoms with Crippen molar-refractivity contribution in [2.24, 2.45) is 5.73 Å². The van der Waals surface area contributed by atoms with E-state index in [1.165, 1.54) is 12.1 Å². The van der Waals surface area contributed by atoms with Gasteiger partial charge >= 0.3 is 0 Å². The fraction of sp³-hybridized carbons (Fsp3) is 0.222. The molecular formula is C18H20BrN3O4S. The van der Waals surface area contributed by atoms with Crippen LogP contribution in [0.1, 0.15) is 12.5 Å². The Kier molecular flexibility index (Phi) is 7.11. The maximum absolute atomic E-state index is 12.7. The third-order valence-electron chi connectivity index (χ3n) is 3.74. The second-order valence-electron chi connectivity index (χ2n) is 5.77. The van der Waals surface area contributed by atoms with Crippen LogP contribution in [0.5, 0.6) is 0 Å². The number of benzene rings is 2. The number of sulfonamides is 1. The highest BCUT2D eigenvalue weighted by molar-refractivity contribution is 9.10. The molecule has 0 fully saturated rings. The Morgan fingerprint density at radius 1 is 1.07 bits per heavy atom. The third-order valence-corrected chi connectivity index (χ3v) is 6.20. The molecule has 2 rings (SSSR count). The predicted octanol–water partition coefficient (Wildman–Crippen LogP) is 2.13. The van der Waals surface area contributed by atoms with Crippen LogP contribution in [0.3, 0.4) is 0 Å². The first kappa shape index (κ1) is 21.1. The van der Waals surface area contributed by atoms with Gasteiger partial charge in [-0.1, -0.05) is 35.0 Å². The fourth-order valence-corrected chi connectivity index (χ4v) is 4.06. The van der Waals surface area contributed by atoms with Gasteiger partial charge in [0, 0.05) is 16.7 Å². The van der Waals surface area contributed by atoms with Crippen LogP contribution in [0.15, 0.2) is 57.9 Å². The van der Waals surface area contributed by atoms with Crippen molar-refractivity contribution in [3.05, 3.63) is 58.6 Å². The fourth-order valence-electron chi connectivity index (χ4n) is 2.39. The number of hydrogen-bond donors (Lipinski definition) is 2. The van der Waals surface area contributed by atoms with E-state index in [1.54, 1.807) is 43.3 Å². The van der Waals surface area contributed by atoms with Crippen LogP contribution in [0.4, 0.5) is 5.69 Å². The van der Waals surface area contributed by atoms with Gasteiger partial charge in [-0.15, -0.1) is 0 Å². The summed E-state index contributed by atoms with van der Waals surface area (Å²) in [7, 11) is -3.78. The molecule has 9 heteroatoms. The lowest BCUT2D eigenvalue weighted by atomic mass is 10.1. The monoisotopic (exact) mass is 453 g/mol. The topological polar surface area (TPSA) is 110 Å². The number of nitrogens with one attached hydrogen (secondary N) is 1. The SMILES string of the molecule is CCN(CC(=O)Nc1ccc(CC(N)=O)cc1)S(=O)(=O)c1ccc(Br)cc1. The zero-order valence-electron chi connectivity index (χ0n) is 14.7. The molecule has 0 atom stereocenters. The van der Waals surface area contributed by atoms with Crippen molar-refractivity contribution in [3.8, 4) is 0 Å². The molecule has 0 aliphatic rings. The van der Waals surface area contributed by atoms with Crippen molar-refractivity contribution in [2.45, 2.75) is 18.2 Å². The Hall–Kier alpha value is -2.23. The van der Waals surface area contributed by atoms with E-state index in [9.17, 15) is 18.0 Å². The molecule has 27 heavy (non-hydrogen) atoms. The summed E-state index contributed by atoms with van der Waals surface area (Å²) in [6.07, 6.45) is 0.114. The van der Waals surface area contributed by atoms with Crippen LogP contribution >= 0.6 is 15.9 Å². The minimum atomic E-state index is -3.78. The van der Waals surface area contributed by atoms with E-state index in [4.69, 9.17) is 5.73 Å². The summed E-state index contributed by atoms with van der Waals surface area (Å²) in [4.78, 5) is 23.3. The average molecular weight is 454 g/mol. The maximum Gasteiger partial charge on any atom is 0.243 e. The van der Waals surface area contributed by atoms with E-state index in [2.05, 4.69) is 21.2 Å². The van der Waals surface area contributed by atoms with Crippen molar-refractivity contribution in [3.63, 3.8) is 0 Å². The van der Waals surface area contributed by atoms with Gasteiger partial charge in [0.15, 0.2) is 0 Å². The standard InChI is InChI=1S/C18H20BrN3O4S/c1-2-22(27(25,26)16-9-5-14(19)6-10-16)12-18(24)21-15-7-3-13(4-8-15)11-17(20)23/h3-10H,2,11-12H2,1H3,(H2,20,23)(H,21,24). The van der Waals surface area contributed by atoms with E-state index in [1.807, 2.05) is 0 Å². The Morgan fingerprint density at radius 3 is 2.19 bits per heavy atom. The van der Waals surface area contributed by atoms with Crippen LogP contribution < -0.4 is 11.1 Å². The Bertz CT molecular complexity index is 913. The minimum Gasteiger partial charge on any atom is -0.369 e. The lowest BCUT2D eigenvalue weighted by molar-refractivity contribution is -0.117. The molecule has 3 N–H and O–H groups in total. The second-order valence-corrected chi connectivity index (χ2v) is 8.63. The van der Waals surface area contributed by atoms with Crippen molar-refractivity contribution in [2.75, 3.05) is 18.4 Å². The quantitative estimate of drug-likeness (QED) is 0.637. The molecular weight excluding hydrogens is 434 g/mol. The van der Waals surface area contributed by atoms with Gasteiger partial charge in [0.25, 0.3) is 0 Å². The largest absolute Gasteiger partial charge is 0.369 e. The second kappa shape index (κ2) is 9.12. The number of nitrogens with two attached hydrogens (primary N) is 1. The van der Waals surface area contributed by atoms with Crippen molar-refractivity contribution >= 4 is 43.5 Å². The van der Waals surface area contributed by atoms with Crippen LogP contribution in [0, 0.1) is 0 Å². The average Bonchev–Trinajstić information content (AvgIpc) is 2.61. The van der Waals surface area contributed by atoms with Crippen LogP contribution in [-0.4, -0.2) is 37.6 Å². The molecule has 144 valence electrons. The molecule has 0 bridgehead atoms. The molecule has 0 aromatic heterocycles. The smallest absolute Gasteiger partial charge is 0.243 e. The summed E-state index contributed by atoms with van der Waals surface area (Å²) in [5.74, 6) is -0.899. The van der Waals surface area contributed by atoms with E-state index in [0.717, 1.165) is 14.3 Å². The third kappa shape index (κ3) is 5.88. The molecule has 2 aromatic carbocycles. The van der Waals surface area contributed by atoms with Gasteiger partial charge in [-0.25, -0.2) is 8.42 Å². The van der Waals surface area contributed by atoms with Gasteiger partial charge in [-0.05, 0) is 42.0 Å². The molecule has 2 aromatic rings.